The van der Waals surface area contributed by atoms with Gasteiger partial charge in [-0.1, -0.05) is 13.8 Å². The van der Waals surface area contributed by atoms with E-state index in [1.165, 1.54) is 6.33 Å². The van der Waals surface area contributed by atoms with Crippen molar-refractivity contribution < 1.29 is 4.74 Å². The molecule has 2 atom stereocenters. The van der Waals surface area contributed by atoms with Gasteiger partial charge in [-0.05, 0) is 13.3 Å². The van der Waals surface area contributed by atoms with E-state index in [0.717, 1.165) is 17.8 Å². The molecule has 0 bridgehead atoms. The van der Waals surface area contributed by atoms with Crippen molar-refractivity contribution in [3.05, 3.63) is 12.7 Å². The van der Waals surface area contributed by atoms with Crippen LogP contribution in [0.2, 0.25) is 0 Å². The van der Waals surface area contributed by atoms with Crippen LogP contribution in [0, 0.1) is 5.41 Å². The van der Waals surface area contributed by atoms with Gasteiger partial charge in [0, 0.05) is 18.6 Å². The van der Waals surface area contributed by atoms with Crippen molar-refractivity contribution in [2.45, 2.75) is 38.8 Å². The maximum absolute atomic E-state index is 5.64. The molecular weight excluding hydrogens is 242 g/mol. The molecule has 102 valence electrons. The number of hydrogen-bond donors (Lipinski definition) is 2. The highest BCUT2D eigenvalue weighted by Gasteiger charge is 2.57. The van der Waals surface area contributed by atoms with Crippen molar-refractivity contribution >= 4 is 17.0 Å². The molecule has 2 aromatic heterocycles. The highest BCUT2D eigenvalue weighted by atomic mass is 16.5. The highest BCUT2D eigenvalue weighted by molar-refractivity contribution is 5.82. The first kappa shape index (κ1) is 12.3. The van der Waals surface area contributed by atoms with Gasteiger partial charge in [-0.3, -0.25) is 0 Å². The van der Waals surface area contributed by atoms with E-state index in [9.17, 15) is 0 Å². The third kappa shape index (κ3) is 1.63. The Balaban J connectivity index is 1.86. The molecule has 0 amide bonds. The molecule has 0 aliphatic heterocycles. The van der Waals surface area contributed by atoms with Gasteiger partial charge in [0.1, 0.15) is 11.8 Å². The van der Waals surface area contributed by atoms with E-state index in [1.807, 2.05) is 0 Å². The predicted octanol–water partition coefficient (Wildman–Crippen LogP) is 1.97. The number of fused-ring (bicyclic) bond motifs is 1. The SMILES string of the molecule is CO[C@]1(C)C[C@@H](Nc2ncnc3nc[nH]c23)C1(C)C. The molecule has 6 nitrogen and oxygen atoms in total. The second-order valence-electron chi connectivity index (χ2n) is 5.88. The molecule has 3 rings (SSSR count). The molecule has 0 radical (unpaired) electrons. The summed E-state index contributed by atoms with van der Waals surface area (Å²) in [6.07, 6.45) is 4.12. The lowest BCUT2D eigenvalue weighted by Crippen LogP contribution is -2.65. The summed E-state index contributed by atoms with van der Waals surface area (Å²) in [6.45, 7) is 6.57. The maximum atomic E-state index is 5.64. The summed E-state index contributed by atoms with van der Waals surface area (Å²) in [5, 5.41) is 3.48. The van der Waals surface area contributed by atoms with Crippen molar-refractivity contribution in [2.75, 3.05) is 12.4 Å². The first-order valence-electron chi connectivity index (χ1n) is 6.44. The minimum Gasteiger partial charge on any atom is -0.378 e. The van der Waals surface area contributed by atoms with Gasteiger partial charge in [-0.25, -0.2) is 15.0 Å². The zero-order valence-electron chi connectivity index (χ0n) is 11.7. The van der Waals surface area contributed by atoms with E-state index in [1.54, 1.807) is 13.4 Å². The Bertz CT molecular complexity index is 608. The Morgan fingerprint density at radius 1 is 1.32 bits per heavy atom. The molecule has 1 fully saturated rings. The Kier molecular flexibility index (Phi) is 2.53. The summed E-state index contributed by atoms with van der Waals surface area (Å²) in [6, 6.07) is 0.318. The third-order valence-corrected chi connectivity index (χ3v) is 4.81. The van der Waals surface area contributed by atoms with Gasteiger partial charge in [0.2, 0.25) is 0 Å². The van der Waals surface area contributed by atoms with Crippen LogP contribution in [0.5, 0.6) is 0 Å². The number of ether oxygens (including phenoxy) is 1. The molecule has 0 unspecified atom stereocenters. The van der Waals surface area contributed by atoms with Crippen LogP contribution in [0.15, 0.2) is 12.7 Å². The molecule has 0 spiro atoms. The molecule has 1 aliphatic rings. The van der Waals surface area contributed by atoms with Crippen molar-refractivity contribution in [3.8, 4) is 0 Å². The zero-order valence-corrected chi connectivity index (χ0v) is 11.7. The number of methoxy groups -OCH3 is 1. The zero-order chi connectivity index (χ0) is 13.7. The minimum atomic E-state index is -0.0925. The molecule has 19 heavy (non-hydrogen) atoms. The van der Waals surface area contributed by atoms with Crippen LogP contribution < -0.4 is 5.32 Å². The lowest BCUT2D eigenvalue weighted by molar-refractivity contribution is -0.166. The summed E-state index contributed by atoms with van der Waals surface area (Å²) in [5.74, 6) is 0.804. The largest absolute Gasteiger partial charge is 0.378 e. The Morgan fingerprint density at radius 2 is 2.11 bits per heavy atom. The van der Waals surface area contributed by atoms with E-state index < -0.39 is 0 Å². The van der Waals surface area contributed by atoms with Gasteiger partial charge in [0.15, 0.2) is 11.5 Å². The number of H-pyrrole nitrogens is 1. The Morgan fingerprint density at radius 3 is 2.79 bits per heavy atom. The van der Waals surface area contributed by atoms with E-state index in [0.29, 0.717) is 11.7 Å². The van der Waals surface area contributed by atoms with E-state index in [-0.39, 0.29) is 11.0 Å². The number of aromatic amines is 1. The Labute approximate surface area is 112 Å². The fraction of sp³-hybridized carbons (Fsp3) is 0.615. The predicted molar refractivity (Wildman–Crippen MR) is 72.9 cm³/mol. The lowest BCUT2D eigenvalue weighted by atomic mass is 9.56. The van der Waals surface area contributed by atoms with Crippen molar-refractivity contribution in [1.29, 1.82) is 0 Å². The average Bonchev–Trinajstić information content (AvgIpc) is 2.87. The second-order valence-corrected chi connectivity index (χ2v) is 5.88. The Hall–Kier alpha value is -1.69. The van der Waals surface area contributed by atoms with E-state index in [2.05, 4.69) is 46.0 Å². The smallest absolute Gasteiger partial charge is 0.182 e. The quantitative estimate of drug-likeness (QED) is 0.883. The second kappa shape index (κ2) is 3.90. The van der Waals surface area contributed by atoms with Crippen LogP contribution in [0.25, 0.3) is 11.2 Å². The standard InChI is InChI=1S/C13H19N5O/c1-12(2)8(5-13(12,3)19-4)18-11-9-10(15-6-14-9)16-7-17-11/h6-8H,5H2,1-4H3,(H2,14,15,16,17,18)/t8-,13-/m1/s1. The number of hydrogen-bond acceptors (Lipinski definition) is 5. The highest BCUT2D eigenvalue weighted by Crippen LogP contribution is 2.52. The summed E-state index contributed by atoms with van der Waals surface area (Å²) in [4.78, 5) is 15.6. The van der Waals surface area contributed by atoms with Crippen LogP contribution >= 0.6 is 0 Å². The molecule has 1 aliphatic carbocycles. The van der Waals surface area contributed by atoms with Crippen molar-refractivity contribution in [2.24, 2.45) is 5.41 Å². The number of nitrogens with zero attached hydrogens (tertiary/aromatic N) is 3. The normalized spacial score (nSPS) is 29.2. The van der Waals surface area contributed by atoms with Crippen molar-refractivity contribution in [1.82, 2.24) is 19.9 Å². The number of rotatable bonds is 3. The van der Waals surface area contributed by atoms with Gasteiger partial charge in [-0.15, -0.1) is 0 Å². The average molecular weight is 261 g/mol. The van der Waals surface area contributed by atoms with E-state index in [4.69, 9.17) is 4.74 Å². The summed E-state index contributed by atoms with van der Waals surface area (Å²) < 4.78 is 5.64. The number of anilines is 1. The molecule has 2 N–H and O–H groups in total. The maximum Gasteiger partial charge on any atom is 0.182 e. The fourth-order valence-electron chi connectivity index (χ4n) is 2.76. The van der Waals surface area contributed by atoms with Crippen LogP contribution in [-0.2, 0) is 4.74 Å². The van der Waals surface area contributed by atoms with Crippen LogP contribution in [-0.4, -0.2) is 38.7 Å². The first-order valence-corrected chi connectivity index (χ1v) is 6.44. The van der Waals surface area contributed by atoms with Crippen LogP contribution in [0.3, 0.4) is 0 Å². The lowest BCUT2D eigenvalue weighted by Gasteiger charge is -2.59. The van der Waals surface area contributed by atoms with Crippen molar-refractivity contribution in [3.63, 3.8) is 0 Å². The topological polar surface area (TPSA) is 75.7 Å². The number of nitrogens with one attached hydrogen (secondary N) is 2. The van der Waals surface area contributed by atoms with E-state index >= 15 is 0 Å². The first-order chi connectivity index (χ1) is 8.98. The molecule has 0 aromatic carbocycles. The molecule has 2 heterocycles. The molecule has 6 heteroatoms. The summed E-state index contributed by atoms with van der Waals surface area (Å²) in [7, 11) is 1.77. The summed E-state index contributed by atoms with van der Waals surface area (Å²) >= 11 is 0. The number of imidazole rings is 1. The van der Waals surface area contributed by atoms with Gasteiger partial charge in [0.25, 0.3) is 0 Å². The monoisotopic (exact) mass is 261 g/mol. The number of aromatic nitrogens is 4. The van der Waals surface area contributed by atoms with Crippen LogP contribution in [0.4, 0.5) is 5.82 Å². The summed E-state index contributed by atoms with van der Waals surface area (Å²) in [5.41, 5.74) is 1.48. The van der Waals surface area contributed by atoms with Gasteiger partial charge >= 0.3 is 0 Å². The molecule has 1 saturated carbocycles. The molecule has 0 saturated heterocycles. The minimum absolute atomic E-state index is 0.0407. The fourth-order valence-corrected chi connectivity index (χ4v) is 2.76. The van der Waals surface area contributed by atoms with Gasteiger partial charge < -0.3 is 15.0 Å². The van der Waals surface area contributed by atoms with Gasteiger partial charge in [0.05, 0.1) is 11.9 Å². The van der Waals surface area contributed by atoms with Crippen LogP contribution in [0.1, 0.15) is 27.2 Å². The molecular formula is C13H19N5O. The van der Waals surface area contributed by atoms with Gasteiger partial charge in [-0.2, -0.15) is 0 Å². The molecule has 2 aromatic rings. The third-order valence-electron chi connectivity index (χ3n) is 4.81.